The van der Waals surface area contributed by atoms with Crippen molar-refractivity contribution >= 4 is 5.97 Å². The molecule has 0 spiro atoms. The lowest BCUT2D eigenvalue weighted by Gasteiger charge is -2.51. The smallest absolute Gasteiger partial charge is 0.338 e. The summed E-state index contributed by atoms with van der Waals surface area (Å²) < 4.78 is 5.49. The number of benzene rings is 1. The SMILES string of the molecule is CC(CO)C1=C2[C@H]3C[C@@H](O)C(COC(=O)c4ccccc4)=C[C@H](O)[C@]3(C)CC[C@@]2(C)CC1. The third-order valence-electron chi connectivity index (χ3n) is 8.48. The first-order valence-electron chi connectivity index (χ1n) is 11.8. The van der Waals surface area contributed by atoms with E-state index in [1.165, 1.54) is 11.1 Å². The Hall–Kier alpha value is -1.95. The van der Waals surface area contributed by atoms with Crippen LogP contribution in [0.4, 0.5) is 0 Å². The van der Waals surface area contributed by atoms with E-state index >= 15 is 0 Å². The lowest BCUT2D eigenvalue weighted by atomic mass is 9.54. The molecule has 5 nitrogen and oxygen atoms in total. The summed E-state index contributed by atoms with van der Waals surface area (Å²) in [7, 11) is 0. The molecule has 3 aliphatic rings. The Morgan fingerprint density at radius 1 is 1.16 bits per heavy atom. The summed E-state index contributed by atoms with van der Waals surface area (Å²) >= 11 is 0. The predicted molar refractivity (Wildman–Crippen MR) is 123 cm³/mol. The molecular formula is C27H36O5. The highest BCUT2D eigenvalue weighted by Crippen LogP contribution is 2.63. The van der Waals surface area contributed by atoms with E-state index in [0.717, 1.165) is 25.7 Å². The number of carbonyl (C=O) groups is 1. The molecule has 0 aromatic heterocycles. The number of rotatable bonds is 5. The minimum atomic E-state index is -0.791. The lowest BCUT2D eigenvalue weighted by molar-refractivity contribution is -0.0143. The van der Waals surface area contributed by atoms with Crippen molar-refractivity contribution in [1.82, 2.24) is 0 Å². The number of esters is 1. The maximum Gasteiger partial charge on any atom is 0.338 e. The van der Waals surface area contributed by atoms with Gasteiger partial charge in [-0.05, 0) is 61.1 Å². The van der Waals surface area contributed by atoms with Gasteiger partial charge in [-0.3, -0.25) is 0 Å². The van der Waals surface area contributed by atoms with Gasteiger partial charge in [-0.15, -0.1) is 0 Å². The van der Waals surface area contributed by atoms with Crippen molar-refractivity contribution in [3.8, 4) is 0 Å². The largest absolute Gasteiger partial charge is 0.457 e. The molecule has 1 aromatic rings. The van der Waals surface area contributed by atoms with Crippen LogP contribution in [-0.4, -0.2) is 46.7 Å². The molecule has 1 aromatic carbocycles. The van der Waals surface area contributed by atoms with Crippen molar-refractivity contribution in [2.45, 2.75) is 65.1 Å². The van der Waals surface area contributed by atoms with Gasteiger partial charge in [0.25, 0.3) is 0 Å². The molecular weight excluding hydrogens is 404 g/mol. The second-order valence-corrected chi connectivity index (χ2v) is 10.5. The van der Waals surface area contributed by atoms with Crippen LogP contribution in [0, 0.1) is 22.7 Å². The first-order valence-corrected chi connectivity index (χ1v) is 11.8. The van der Waals surface area contributed by atoms with Gasteiger partial charge in [0.2, 0.25) is 0 Å². The van der Waals surface area contributed by atoms with Crippen LogP contribution in [0.5, 0.6) is 0 Å². The van der Waals surface area contributed by atoms with Crippen molar-refractivity contribution in [2.75, 3.05) is 13.2 Å². The second-order valence-electron chi connectivity index (χ2n) is 10.5. The molecule has 3 N–H and O–H groups in total. The average molecular weight is 441 g/mol. The predicted octanol–water partition coefficient (Wildman–Crippen LogP) is 4.04. The van der Waals surface area contributed by atoms with Crippen LogP contribution in [0.3, 0.4) is 0 Å². The molecule has 0 heterocycles. The topological polar surface area (TPSA) is 87.0 Å². The first kappa shape index (κ1) is 23.2. The van der Waals surface area contributed by atoms with E-state index in [1.807, 2.05) is 6.07 Å². The molecule has 1 saturated carbocycles. The van der Waals surface area contributed by atoms with Crippen LogP contribution < -0.4 is 0 Å². The van der Waals surface area contributed by atoms with Gasteiger partial charge in [-0.25, -0.2) is 4.79 Å². The molecule has 1 unspecified atom stereocenters. The van der Waals surface area contributed by atoms with Gasteiger partial charge in [0.15, 0.2) is 0 Å². The van der Waals surface area contributed by atoms with Gasteiger partial charge >= 0.3 is 5.97 Å². The number of fused-ring (bicyclic) bond motifs is 3. The fraction of sp³-hybridized carbons (Fsp3) is 0.593. The summed E-state index contributed by atoms with van der Waals surface area (Å²) in [6, 6.07) is 8.79. The fourth-order valence-corrected chi connectivity index (χ4v) is 6.21. The Balaban J connectivity index is 1.61. The van der Waals surface area contributed by atoms with E-state index in [9.17, 15) is 20.1 Å². The summed E-state index contributed by atoms with van der Waals surface area (Å²) in [6.45, 7) is 6.57. The molecule has 32 heavy (non-hydrogen) atoms. The molecule has 0 bridgehead atoms. The van der Waals surface area contributed by atoms with Gasteiger partial charge in [0.05, 0.1) is 17.8 Å². The standard InChI is InChI=1S/C27H36O5/c1-17(15-28)20-9-10-26(2)11-12-27(3)21(24(20)26)14-22(29)19(13-23(27)30)16-32-25(31)18-7-5-4-6-8-18/h4-8,13,17,21-23,28-30H,9-12,14-16H2,1-3H3/t17?,21-,22-,23+,26-,27-/m1/s1. The maximum atomic E-state index is 12.4. The average Bonchev–Trinajstić information content (AvgIpc) is 3.11. The molecule has 0 aliphatic heterocycles. The zero-order valence-electron chi connectivity index (χ0n) is 19.4. The summed E-state index contributed by atoms with van der Waals surface area (Å²) in [6.07, 6.45) is 4.60. The summed E-state index contributed by atoms with van der Waals surface area (Å²) in [5.74, 6) is -0.325. The maximum absolute atomic E-state index is 12.4. The monoisotopic (exact) mass is 440 g/mol. The van der Waals surface area contributed by atoms with Crippen molar-refractivity contribution in [2.24, 2.45) is 22.7 Å². The van der Waals surface area contributed by atoms with Crippen LogP contribution in [0.1, 0.15) is 63.2 Å². The molecule has 3 aliphatic carbocycles. The van der Waals surface area contributed by atoms with Crippen molar-refractivity contribution in [3.63, 3.8) is 0 Å². The molecule has 0 amide bonds. The van der Waals surface area contributed by atoms with E-state index in [-0.39, 0.29) is 30.5 Å². The summed E-state index contributed by atoms with van der Waals surface area (Å²) in [4.78, 5) is 12.4. The molecule has 5 heteroatoms. The van der Waals surface area contributed by atoms with Gasteiger partial charge in [-0.1, -0.05) is 56.2 Å². The van der Waals surface area contributed by atoms with Gasteiger partial charge in [0.1, 0.15) is 6.61 Å². The Bertz CT molecular complexity index is 919. The van der Waals surface area contributed by atoms with Crippen LogP contribution in [0.15, 0.2) is 53.1 Å². The van der Waals surface area contributed by atoms with E-state index in [4.69, 9.17) is 4.74 Å². The van der Waals surface area contributed by atoms with E-state index < -0.39 is 23.6 Å². The number of aliphatic hydroxyl groups is 3. The summed E-state index contributed by atoms with van der Waals surface area (Å²) in [5, 5.41) is 32.3. The quantitative estimate of drug-likeness (QED) is 0.475. The van der Waals surface area contributed by atoms with Gasteiger partial charge in [-0.2, -0.15) is 0 Å². The number of ether oxygens (including phenoxy) is 1. The minimum Gasteiger partial charge on any atom is -0.457 e. The van der Waals surface area contributed by atoms with E-state index in [2.05, 4.69) is 20.8 Å². The molecule has 174 valence electrons. The van der Waals surface area contributed by atoms with Crippen molar-refractivity contribution in [3.05, 3.63) is 58.7 Å². The molecule has 1 fully saturated rings. The van der Waals surface area contributed by atoms with Gasteiger partial charge in [0, 0.05) is 17.9 Å². The van der Waals surface area contributed by atoms with Crippen molar-refractivity contribution in [1.29, 1.82) is 0 Å². The van der Waals surface area contributed by atoms with Crippen LogP contribution in [-0.2, 0) is 4.74 Å². The lowest BCUT2D eigenvalue weighted by Crippen LogP contribution is -2.46. The van der Waals surface area contributed by atoms with Crippen LogP contribution in [0.25, 0.3) is 0 Å². The Morgan fingerprint density at radius 3 is 2.56 bits per heavy atom. The minimum absolute atomic E-state index is 0.0244. The van der Waals surface area contributed by atoms with Crippen LogP contribution >= 0.6 is 0 Å². The van der Waals surface area contributed by atoms with Crippen LogP contribution in [0.2, 0.25) is 0 Å². The molecule has 0 radical (unpaired) electrons. The zero-order chi connectivity index (χ0) is 23.1. The third-order valence-corrected chi connectivity index (χ3v) is 8.48. The highest BCUT2D eigenvalue weighted by atomic mass is 16.5. The summed E-state index contributed by atoms with van der Waals surface area (Å²) in [5.41, 5.74) is 3.35. The second kappa shape index (κ2) is 8.77. The zero-order valence-corrected chi connectivity index (χ0v) is 19.4. The molecule has 6 atom stereocenters. The van der Waals surface area contributed by atoms with E-state index in [0.29, 0.717) is 17.6 Å². The third kappa shape index (κ3) is 3.95. The van der Waals surface area contributed by atoms with Gasteiger partial charge < -0.3 is 20.1 Å². The van der Waals surface area contributed by atoms with Crippen molar-refractivity contribution < 1.29 is 24.9 Å². The Morgan fingerprint density at radius 2 is 1.88 bits per heavy atom. The number of carbonyl (C=O) groups excluding carboxylic acids is 1. The highest BCUT2D eigenvalue weighted by molar-refractivity contribution is 5.89. The number of hydrogen-bond acceptors (Lipinski definition) is 5. The number of hydrogen-bond donors (Lipinski definition) is 3. The number of allylic oxidation sites excluding steroid dienone is 1. The molecule has 0 saturated heterocycles. The van der Waals surface area contributed by atoms with E-state index in [1.54, 1.807) is 30.3 Å². The number of aliphatic hydroxyl groups excluding tert-OH is 3. The molecule has 4 rings (SSSR count). The Labute approximate surface area is 190 Å². The normalized spacial score (nSPS) is 35.4. The first-order chi connectivity index (χ1) is 15.2. The fourth-order valence-electron chi connectivity index (χ4n) is 6.21. The Kier molecular flexibility index (Phi) is 6.36. The highest BCUT2D eigenvalue weighted by Gasteiger charge is 2.55.